The standard InChI is InChI=1S/C11H22N2O5S/c1-9(14)8-10-6-4-3-5-7-13(10)19(16,17)12-11(15)18-2/h9-10,14H,3-8H2,1-2H3,(H,12,15). The van der Waals surface area contributed by atoms with Crippen LogP contribution < -0.4 is 4.72 Å². The number of methoxy groups -OCH3 is 1. The van der Waals surface area contributed by atoms with Crippen LogP contribution in [-0.2, 0) is 14.9 Å². The van der Waals surface area contributed by atoms with Crippen molar-refractivity contribution in [3.05, 3.63) is 0 Å². The van der Waals surface area contributed by atoms with Crippen molar-refractivity contribution in [2.45, 2.75) is 51.2 Å². The van der Waals surface area contributed by atoms with E-state index in [1.807, 2.05) is 4.72 Å². The third-order valence-corrected chi connectivity index (χ3v) is 4.67. The number of nitrogens with one attached hydrogen (secondary N) is 1. The predicted octanol–water partition coefficient (Wildman–Crippen LogP) is 0.603. The Morgan fingerprint density at radius 1 is 1.47 bits per heavy atom. The molecular weight excluding hydrogens is 272 g/mol. The molecule has 1 amide bonds. The van der Waals surface area contributed by atoms with Gasteiger partial charge in [-0.25, -0.2) is 9.52 Å². The van der Waals surface area contributed by atoms with Gasteiger partial charge in [0, 0.05) is 12.6 Å². The van der Waals surface area contributed by atoms with E-state index in [-0.39, 0.29) is 6.04 Å². The number of hydrogen-bond donors (Lipinski definition) is 2. The molecule has 8 heteroatoms. The molecule has 1 rings (SSSR count). The molecule has 2 atom stereocenters. The second kappa shape index (κ2) is 7.06. The molecule has 19 heavy (non-hydrogen) atoms. The summed E-state index contributed by atoms with van der Waals surface area (Å²) in [5.41, 5.74) is 0. The summed E-state index contributed by atoms with van der Waals surface area (Å²) in [6.45, 7) is 1.98. The number of hydrogen-bond acceptors (Lipinski definition) is 5. The van der Waals surface area contributed by atoms with E-state index in [2.05, 4.69) is 4.74 Å². The van der Waals surface area contributed by atoms with E-state index in [0.29, 0.717) is 19.4 Å². The highest BCUT2D eigenvalue weighted by Gasteiger charge is 2.33. The van der Waals surface area contributed by atoms with E-state index in [1.165, 1.54) is 4.31 Å². The summed E-state index contributed by atoms with van der Waals surface area (Å²) in [7, 11) is -2.80. The maximum absolute atomic E-state index is 12.1. The molecule has 0 aliphatic carbocycles. The van der Waals surface area contributed by atoms with Crippen molar-refractivity contribution < 1.29 is 23.1 Å². The lowest BCUT2D eigenvalue weighted by Crippen LogP contribution is -2.49. The number of aliphatic hydroxyl groups is 1. The molecule has 2 unspecified atom stereocenters. The average Bonchev–Trinajstić information content (AvgIpc) is 2.53. The minimum absolute atomic E-state index is 0.287. The normalized spacial score (nSPS) is 23.4. The summed E-state index contributed by atoms with van der Waals surface area (Å²) in [4.78, 5) is 11.1. The number of amides is 1. The number of nitrogens with zero attached hydrogens (tertiary/aromatic N) is 1. The monoisotopic (exact) mass is 294 g/mol. The highest BCUT2D eigenvalue weighted by molar-refractivity contribution is 7.87. The summed E-state index contributed by atoms with van der Waals surface area (Å²) < 4.78 is 31.7. The van der Waals surface area contributed by atoms with Gasteiger partial charge in [0.2, 0.25) is 0 Å². The summed E-state index contributed by atoms with van der Waals surface area (Å²) >= 11 is 0. The number of carbonyl (C=O) groups is 1. The highest BCUT2D eigenvalue weighted by atomic mass is 32.2. The minimum atomic E-state index is -3.92. The lowest BCUT2D eigenvalue weighted by Gasteiger charge is -2.29. The molecule has 1 aliphatic heterocycles. The van der Waals surface area contributed by atoms with Crippen molar-refractivity contribution in [1.29, 1.82) is 0 Å². The zero-order valence-corrected chi connectivity index (χ0v) is 12.1. The Morgan fingerprint density at radius 3 is 2.74 bits per heavy atom. The summed E-state index contributed by atoms with van der Waals surface area (Å²) in [5, 5.41) is 9.47. The molecular formula is C11H22N2O5S. The largest absolute Gasteiger partial charge is 0.452 e. The Balaban J connectivity index is 2.86. The third-order valence-electron chi connectivity index (χ3n) is 3.14. The molecule has 0 bridgehead atoms. The Kier molecular flexibility index (Phi) is 6.02. The van der Waals surface area contributed by atoms with Gasteiger partial charge < -0.3 is 9.84 Å². The summed E-state index contributed by atoms with van der Waals surface area (Å²) in [6, 6.07) is -0.287. The first-order valence-corrected chi connectivity index (χ1v) is 7.86. The van der Waals surface area contributed by atoms with Crippen LogP contribution >= 0.6 is 0 Å². The Morgan fingerprint density at radius 2 is 2.16 bits per heavy atom. The van der Waals surface area contributed by atoms with E-state index in [4.69, 9.17) is 0 Å². The van der Waals surface area contributed by atoms with Crippen LogP contribution in [0.3, 0.4) is 0 Å². The van der Waals surface area contributed by atoms with Gasteiger partial charge in [0.25, 0.3) is 0 Å². The van der Waals surface area contributed by atoms with Crippen LogP contribution in [0.15, 0.2) is 0 Å². The fourth-order valence-electron chi connectivity index (χ4n) is 2.30. The fraction of sp³-hybridized carbons (Fsp3) is 0.909. The van der Waals surface area contributed by atoms with Gasteiger partial charge in [0.1, 0.15) is 0 Å². The molecule has 2 N–H and O–H groups in total. The number of ether oxygens (including phenoxy) is 1. The lowest BCUT2D eigenvalue weighted by atomic mass is 10.1. The third kappa shape index (κ3) is 4.96. The average molecular weight is 294 g/mol. The predicted molar refractivity (Wildman–Crippen MR) is 69.7 cm³/mol. The van der Waals surface area contributed by atoms with Gasteiger partial charge in [-0.05, 0) is 26.2 Å². The van der Waals surface area contributed by atoms with E-state index in [0.717, 1.165) is 26.4 Å². The van der Waals surface area contributed by atoms with Crippen molar-refractivity contribution >= 4 is 16.3 Å². The molecule has 112 valence electrons. The minimum Gasteiger partial charge on any atom is -0.452 e. The van der Waals surface area contributed by atoms with Crippen LogP contribution in [0, 0.1) is 0 Å². The van der Waals surface area contributed by atoms with E-state index < -0.39 is 22.4 Å². The van der Waals surface area contributed by atoms with Gasteiger partial charge in [0.15, 0.2) is 0 Å². The van der Waals surface area contributed by atoms with Crippen molar-refractivity contribution in [1.82, 2.24) is 9.03 Å². The second-order valence-electron chi connectivity index (χ2n) is 4.80. The zero-order valence-electron chi connectivity index (χ0n) is 11.3. The number of rotatable bonds is 4. The molecule has 0 aromatic carbocycles. The molecule has 1 aliphatic rings. The van der Waals surface area contributed by atoms with Crippen molar-refractivity contribution in [3.63, 3.8) is 0 Å². The number of carbonyl (C=O) groups excluding carboxylic acids is 1. The molecule has 1 heterocycles. The quantitative estimate of drug-likeness (QED) is 0.791. The van der Waals surface area contributed by atoms with Crippen LogP contribution in [0.4, 0.5) is 4.79 Å². The Hall–Kier alpha value is -0.860. The van der Waals surface area contributed by atoms with Crippen LogP contribution in [-0.4, -0.2) is 49.7 Å². The Bertz CT molecular complexity index is 396. The van der Waals surface area contributed by atoms with E-state index >= 15 is 0 Å². The summed E-state index contributed by atoms with van der Waals surface area (Å²) in [6.07, 6.45) is 2.08. The SMILES string of the molecule is COC(=O)NS(=O)(=O)N1CCCCCC1CC(C)O. The van der Waals surface area contributed by atoms with Crippen molar-refractivity contribution in [2.75, 3.05) is 13.7 Å². The van der Waals surface area contributed by atoms with Gasteiger partial charge >= 0.3 is 16.3 Å². The van der Waals surface area contributed by atoms with Crippen LogP contribution in [0.25, 0.3) is 0 Å². The maximum atomic E-state index is 12.1. The van der Waals surface area contributed by atoms with Crippen LogP contribution in [0.2, 0.25) is 0 Å². The molecule has 0 radical (unpaired) electrons. The summed E-state index contributed by atoms with van der Waals surface area (Å²) in [5.74, 6) is 0. The topological polar surface area (TPSA) is 95.9 Å². The van der Waals surface area contributed by atoms with E-state index in [1.54, 1.807) is 6.92 Å². The van der Waals surface area contributed by atoms with Crippen LogP contribution in [0.1, 0.15) is 39.0 Å². The molecule has 0 aromatic rings. The molecule has 7 nitrogen and oxygen atoms in total. The molecule has 1 fully saturated rings. The fourth-order valence-corrected chi connectivity index (χ4v) is 3.67. The number of aliphatic hydroxyl groups excluding tert-OH is 1. The highest BCUT2D eigenvalue weighted by Crippen LogP contribution is 2.22. The van der Waals surface area contributed by atoms with Gasteiger partial charge in [-0.15, -0.1) is 0 Å². The Labute approximate surface area is 114 Å². The van der Waals surface area contributed by atoms with Gasteiger partial charge in [-0.1, -0.05) is 12.8 Å². The maximum Gasteiger partial charge on any atom is 0.421 e. The molecule has 0 saturated carbocycles. The smallest absolute Gasteiger partial charge is 0.421 e. The first-order valence-electron chi connectivity index (χ1n) is 6.42. The first-order chi connectivity index (χ1) is 8.86. The van der Waals surface area contributed by atoms with Gasteiger partial charge in [0.05, 0.1) is 13.2 Å². The van der Waals surface area contributed by atoms with Crippen molar-refractivity contribution in [2.24, 2.45) is 0 Å². The molecule has 0 spiro atoms. The lowest BCUT2D eigenvalue weighted by molar-refractivity contribution is 0.146. The second-order valence-corrected chi connectivity index (χ2v) is 6.42. The van der Waals surface area contributed by atoms with Crippen LogP contribution in [0.5, 0.6) is 0 Å². The van der Waals surface area contributed by atoms with Gasteiger partial charge in [-0.2, -0.15) is 12.7 Å². The van der Waals surface area contributed by atoms with E-state index in [9.17, 15) is 18.3 Å². The van der Waals surface area contributed by atoms with Crippen molar-refractivity contribution in [3.8, 4) is 0 Å². The first kappa shape index (κ1) is 16.2. The molecule has 1 saturated heterocycles. The van der Waals surface area contributed by atoms with Gasteiger partial charge in [-0.3, -0.25) is 0 Å². The zero-order chi connectivity index (χ0) is 14.5. The molecule has 0 aromatic heterocycles.